The van der Waals surface area contributed by atoms with Crippen LogP contribution in [0, 0.1) is 5.92 Å². The monoisotopic (exact) mass is 143 g/mol. The second-order valence-corrected chi connectivity index (χ2v) is 3.29. The zero-order valence-corrected chi connectivity index (χ0v) is 6.88. The van der Waals surface area contributed by atoms with Crippen molar-refractivity contribution in [2.75, 3.05) is 20.1 Å². The Hall–Kier alpha value is -0.0800. The molecule has 1 aliphatic heterocycles. The fourth-order valence-electron chi connectivity index (χ4n) is 1.60. The molecule has 1 aliphatic rings. The van der Waals surface area contributed by atoms with E-state index in [2.05, 4.69) is 18.9 Å². The van der Waals surface area contributed by atoms with Crippen molar-refractivity contribution in [3.8, 4) is 0 Å². The van der Waals surface area contributed by atoms with E-state index in [1.165, 1.54) is 0 Å². The molecule has 0 bridgehead atoms. The minimum Gasteiger partial charge on any atom is -0.393 e. The van der Waals surface area contributed by atoms with Gasteiger partial charge in [0, 0.05) is 13.1 Å². The van der Waals surface area contributed by atoms with Gasteiger partial charge in [-0.15, -0.1) is 0 Å². The number of rotatable bonds is 1. The molecule has 2 nitrogen and oxygen atoms in total. The van der Waals surface area contributed by atoms with Crippen molar-refractivity contribution in [2.45, 2.75) is 25.9 Å². The number of hydrogen-bond acceptors (Lipinski definition) is 2. The molecule has 1 fully saturated rings. The number of likely N-dealkylation sites (tertiary alicyclic amines) is 1. The summed E-state index contributed by atoms with van der Waals surface area (Å²) in [7, 11) is 2.12. The normalized spacial score (nSPS) is 36.3. The molecule has 0 aromatic heterocycles. The summed E-state index contributed by atoms with van der Waals surface area (Å²) in [5.41, 5.74) is 0. The van der Waals surface area contributed by atoms with Crippen LogP contribution in [-0.4, -0.2) is 36.2 Å². The molecule has 2 heteroatoms. The first kappa shape index (κ1) is 8.02. The Morgan fingerprint density at radius 3 is 2.80 bits per heavy atom. The highest BCUT2D eigenvalue weighted by Crippen LogP contribution is 2.18. The zero-order valence-electron chi connectivity index (χ0n) is 6.88. The van der Waals surface area contributed by atoms with Crippen LogP contribution in [0.2, 0.25) is 0 Å². The van der Waals surface area contributed by atoms with Crippen molar-refractivity contribution in [3.05, 3.63) is 0 Å². The summed E-state index contributed by atoms with van der Waals surface area (Å²) < 4.78 is 0. The van der Waals surface area contributed by atoms with Crippen LogP contribution < -0.4 is 0 Å². The summed E-state index contributed by atoms with van der Waals surface area (Å²) in [4.78, 5) is 2.29. The Kier molecular flexibility index (Phi) is 2.69. The van der Waals surface area contributed by atoms with Gasteiger partial charge in [-0.3, -0.25) is 0 Å². The number of hydrogen-bond donors (Lipinski definition) is 1. The molecule has 0 aromatic rings. The lowest BCUT2D eigenvalue weighted by atomic mass is 9.93. The largest absolute Gasteiger partial charge is 0.393 e. The summed E-state index contributed by atoms with van der Waals surface area (Å²) in [5, 5.41) is 9.46. The first-order valence-electron chi connectivity index (χ1n) is 4.10. The first-order chi connectivity index (χ1) is 4.74. The first-order valence-corrected chi connectivity index (χ1v) is 4.10. The highest BCUT2D eigenvalue weighted by atomic mass is 16.3. The number of aliphatic hydroxyl groups excluding tert-OH is 1. The highest BCUT2D eigenvalue weighted by Gasteiger charge is 2.23. The molecule has 10 heavy (non-hydrogen) atoms. The van der Waals surface area contributed by atoms with Gasteiger partial charge in [-0.05, 0) is 25.8 Å². The van der Waals surface area contributed by atoms with E-state index < -0.39 is 0 Å². The summed E-state index contributed by atoms with van der Waals surface area (Å²) >= 11 is 0. The summed E-state index contributed by atoms with van der Waals surface area (Å²) in [6.07, 6.45) is 2.02. The molecule has 0 aliphatic carbocycles. The predicted octanol–water partition coefficient (Wildman–Crippen LogP) is 0.709. The molecule has 60 valence electrons. The van der Waals surface area contributed by atoms with Gasteiger partial charge in [0.05, 0.1) is 6.10 Å². The lowest BCUT2D eigenvalue weighted by Crippen LogP contribution is -2.40. The Morgan fingerprint density at radius 2 is 2.30 bits per heavy atom. The van der Waals surface area contributed by atoms with Crippen LogP contribution in [0.25, 0.3) is 0 Å². The number of piperidine rings is 1. The molecular formula is C8H17NO. The third kappa shape index (κ3) is 1.70. The molecule has 0 amide bonds. The number of nitrogens with zero attached hydrogens (tertiary/aromatic N) is 1. The molecule has 0 spiro atoms. The topological polar surface area (TPSA) is 23.5 Å². The van der Waals surface area contributed by atoms with Gasteiger partial charge >= 0.3 is 0 Å². The lowest BCUT2D eigenvalue weighted by molar-refractivity contribution is 0.0348. The fraction of sp³-hybridized carbons (Fsp3) is 1.00. The standard InChI is InChI=1S/C8H17NO/c1-3-7-6-9(2)5-4-8(7)10/h7-8,10H,3-6H2,1-2H3/t7-,8+/m0/s1. The van der Waals surface area contributed by atoms with Gasteiger partial charge < -0.3 is 10.0 Å². The van der Waals surface area contributed by atoms with Crippen LogP contribution in [0.3, 0.4) is 0 Å². The summed E-state index contributed by atoms with van der Waals surface area (Å²) in [6, 6.07) is 0. The van der Waals surface area contributed by atoms with Crippen molar-refractivity contribution in [1.29, 1.82) is 0 Å². The van der Waals surface area contributed by atoms with Crippen LogP contribution in [0.5, 0.6) is 0 Å². The average molecular weight is 143 g/mol. The Labute approximate surface area is 62.8 Å². The van der Waals surface area contributed by atoms with Crippen LogP contribution in [0.15, 0.2) is 0 Å². The maximum Gasteiger partial charge on any atom is 0.0592 e. The van der Waals surface area contributed by atoms with Gasteiger partial charge in [0.2, 0.25) is 0 Å². The van der Waals surface area contributed by atoms with Gasteiger partial charge in [0.25, 0.3) is 0 Å². The van der Waals surface area contributed by atoms with Gasteiger partial charge in [-0.1, -0.05) is 6.92 Å². The highest BCUT2D eigenvalue weighted by molar-refractivity contribution is 4.76. The molecule has 0 saturated carbocycles. The van der Waals surface area contributed by atoms with Gasteiger partial charge in [-0.25, -0.2) is 0 Å². The van der Waals surface area contributed by atoms with Crippen LogP contribution >= 0.6 is 0 Å². The van der Waals surface area contributed by atoms with Crippen molar-refractivity contribution >= 4 is 0 Å². The van der Waals surface area contributed by atoms with Crippen molar-refractivity contribution < 1.29 is 5.11 Å². The smallest absolute Gasteiger partial charge is 0.0592 e. The minimum absolute atomic E-state index is 0.0406. The van der Waals surface area contributed by atoms with E-state index in [4.69, 9.17) is 0 Å². The second-order valence-electron chi connectivity index (χ2n) is 3.29. The SMILES string of the molecule is CC[C@H]1CN(C)CC[C@H]1O. The maximum atomic E-state index is 9.46. The predicted molar refractivity (Wildman–Crippen MR) is 41.9 cm³/mol. The molecule has 1 N–H and O–H groups in total. The molecule has 0 radical (unpaired) electrons. The maximum absolute atomic E-state index is 9.46. The van der Waals surface area contributed by atoms with E-state index in [0.717, 1.165) is 25.9 Å². The Morgan fingerprint density at radius 1 is 1.60 bits per heavy atom. The third-order valence-electron chi connectivity index (χ3n) is 2.42. The van der Waals surface area contributed by atoms with Crippen molar-refractivity contribution in [3.63, 3.8) is 0 Å². The summed E-state index contributed by atoms with van der Waals surface area (Å²) in [5.74, 6) is 0.513. The van der Waals surface area contributed by atoms with Crippen LogP contribution in [-0.2, 0) is 0 Å². The summed E-state index contributed by atoms with van der Waals surface area (Å²) in [6.45, 7) is 4.27. The Bertz CT molecular complexity index is 105. The quantitative estimate of drug-likeness (QED) is 0.584. The molecule has 0 unspecified atom stereocenters. The van der Waals surface area contributed by atoms with E-state index in [1.807, 2.05) is 0 Å². The van der Waals surface area contributed by atoms with E-state index in [1.54, 1.807) is 0 Å². The zero-order chi connectivity index (χ0) is 7.56. The Balaban J connectivity index is 2.38. The van der Waals surface area contributed by atoms with Crippen LogP contribution in [0.4, 0.5) is 0 Å². The van der Waals surface area contributed by atoms with Gasteiger partial charge in [0.15, 0.2) is 0 Å². The number of aliphatic hydroxyl groups is 1. The van der Waals surface area contributed by atoms with Gasteiger partial charge in [0.1, 0.15) is 0 Å². The minimum atomic E-state index is -0.0406. The molecular weight excluding hydrogens is 126 g/mol. The molecule has 1 heterocycles. The molecule has 1 saturated heterocycles. The average Bonchev–Trinajstić information content (AvgIpc) is 1.94. The molecule has 2 atom stereocenters. The van der Waals surface area contributed by atoms with Crippen molar-refractivity contribution in [2.24, 2.45) is 5.92 Å². The van der Waals surface area contributed by atoms with E-state index in [-0.39, 0.29) is 6.10 Å². The third-order valence-corrected chi connectivity index (χ3v) is 2.42. The molecule has 0 aromatic carbocycles. The van der Waals surface area contributed by atoms with Crippen molar-refractivity contribution in [1.82, 2.24) is 4.90 Å². The van der Waals surface area contributed by atoms with Gasteiger partial charge in [-0.2, -0.15) is 0 Å². The van der Waals surface area contributed by atoms with E-state index >= 15 is 0 Å². The lowest BCUT2D eigenvalue weighted by Gasteiger charge is -2.33. The molecule has 1 rings (SSSR count). The fourth-order valence-corrected chi connectivity index (χ4v) is 1.60. The van der Waals surface area contributed by atoms with Crippen LogP contribution in [0.1, 0.15) is 19.8 Å². The van der Waals surface area contributed by atoms with E-state index in [9.17, 15) is 5.11 Å². The second kappa shape index (κ2) is 3.35. The van der Waals surface area contributed by atoms with E-state index in [0.29, 0.717) is 5.92 Å².